The number of Topliss-reactive ketones (excluding diaryl/α,β-unsaturated/α-hetero) is 3. The van der Waals surface area contributed by atoms with Crippen LogP contribution in [0.15, 0.2) is 0 Å². The summed E-state index contributed by atoms with van der Waals surface area (Å²) in [4.78, 5) is 118. The number of alkyl carbamates (subject to hydrolysis) is 3. The summed E-state index contributed by atoms with van der Waals surface area (Å²) in [5, 5.41) is 18.3. The largest absolute Gasteiger partial charge is 0.469 e. The minimum atomic E-state index is -1.97. The van der Waals surface area contributed by atoms with Crippen molar-refractivity contribution in [1.82, 2.24) is 46.8 Å². The second-order valence-corrected chi connectivity index (χ2v) is 52.3. The Bertz CT molecular complexity index is 3220. The van der Waals surface area contributed by atoms with Gasteiger partial charge in [-0.15, -0.1) is 0 Å². The molecule has 0 fully saturated rings. The first-order valence-electron chi connectivity index (χ1n) is 49.8. The van der Waals surface area contributed by atoms with Crippen LogP contribution in [-0.4, -0.2) is 266 Å². The number of ether oxygens (including phenoxy) is 6. The van der Waals surface area contributed by atoms with Crippen LogP contribution in [0, 0.1) is 94.7 Å². The number of amides is 8. The molecule has 0 aliphatic rings. The van der Waals surface area contributed by atoms with Gasteiger partial charge in [0.25, 0.3) is 0 Å². The molecule has 844 valence electrons. The minimum absolute atomic E-state index is 0.0544. The Kier molecular flexibility index (Phi) is 133. The summed E-state index contributed by atoms with van der Waals surface area (Å²) in [6, 6.07) is -0.108. The van der Waals surface area contributed by atoms with Crippen LogP contribution in [0.5, 0.6) is 0 Å². The van der Waals surface area contributed by atoms with Crippen molar-refractivity contribution in [2.45, 2.75) is 348 Å². The molecule has 4 unspecified atom stereocenters. The van der Waals surface area contributed by atoms with E-state index in [0.29, 0.717) is 158 Å². The lowest BCUT2D eigenvalue weighted by Crippen LogP contribution is -2.34. The van der Waals surface area contributed by atoms with Gasteiger partial charge in [0, 0.05) is 184 Å². The lowest BCUT2D eigenvalue weighted by atomic mass is 10.0. The van der Waals surface area contributed by atoms with Crippen molar-refractivity contribution in [1.29, 1.82) is 0 Å². The lowest BCUT2D eigenvalue weighted by molar-refractivity contribution is -0.141. The Hall–Kier alpha value is -6.23. The van der Waals surface area contributed by atoms with Crippen LogP contribution in [0.2, 0.25) is 0 Å². The number of ketones is 3. The molecule has 8 N–H and O–H groups in total. The highest BCUT2D eigenvalue weighted by Gasteiger charge is 2.16. The molecule has 34 heteroatoms. The van der Waals surface area contributed by atoms with Gasteiger partial charge in [0.05, 0.1) is 27.4 Å². The zero-order chi connectivity index (χ0) is 114. The van der Waals surface area contributed by atoms with Crippen LogP contribution in [0.25, 0.3) is 0 Å². The summed E-state index contributed by atoms with van der Waals surface area (Å²) in [7, 11) is 2.25. The number of methoxy groups -OCH3 is 3. The molecule has 0 aromatic heterocycles. The molecular weight excluding hydrogens is 1850 g/mol. The number of esters is 1. The molecule has 0 radical (unpaired) electrons. The van der Waals surface area contributed by atoms with E-state index in [9.17, 15) is 69.6 Å². The Balaban J connectivity index is -0.0000000831. The fourth-order valence-electron chi connectivity index (χ4n) is 8.55. The second kappa shape index (κ2) is 109. The number of carbonyl (C=O) groups excluding carboxylic acids is 11. The average molecular weight is 2080 g/mol. The van der Waals surface area contributed by atoms with Gasteiger partial charge in [0.2, 0.25) is 11.8 Å². The number of hydrogen-bond donors (Lipinski definition) is 8. The summed E-state index contributed by atoms with van der Waals surface area (Å²) >= 11 is 0. The van der Waals surface area contributed by atoms with E-state index in [1.807, 2.05) is 145 Å². The molecule has 0 aromatic carbocycles. The normalized spacial score (nSPS) is 11.9. The van der Waals surface area contributed by atoms with Gasteiger partial charge in [-0.25, -0.2) is 28.7 Å². The molecule has 8 amide bonds. The molecule has 0 spiro atoms. The van der Waals surface area contributed by atoms with E-state index in [4.69, 9.17) is 18.9 Å². The maximum absolute atomic E-state index is 11.3. The van der Waals surface area contributed by atoms with E-state index in [0.717, 1.165) is 88.7 Å². The highest BCUT2D eigenvalue weighted by Crippen LogP contribution is 2.09. The van der Waals surface area contributed by atoms with Crippen molar-refractivity contribution < 1.29 is 98.0 Å². The third-order valence-corrected chi connectivity index (χ3v) is 19.9. The van der Waals surface area contributed by atoms with Gasteiger partial charge in [-0.3, -0.25) is 40.8 Å². The lowest BCUT2D eigenvalue weighted by Gasteiger charge is -2.20. The molecular formula is C105H229N9O21S4. The van der Waals surface area contributed by atoms with Crippen molar-refractivity contribution in [3.8, 4) is 0 Å². The minimum Gasteiger partial charge on any atom is -0.469 e. The molecule has 0 aliphatic carbocycles. The van der Waals surface area contributed by atoms with E-state index in [2.05, 4.69) is 200 Å². The molecule has 4 atom stereocenters. The quantitative estimate of drug-likeness (QED) is 0.0161. The summed E-state index contributed by atoms with van der Waals surface area (Å²) in [6.07, 6.45) is 9.51. The Morgan fingerprint density at radius 3 is 0.935 bits per heavy atom. The van der Waals surface area contributed by atoms with Crippen LogP contribution in [0.3, 0.4) is 0 Å². The standard InChI is InChI=1S/C9H19NO2.C8H17NO2.C8H16O.C7H15NO.C7H16OS.C7H14O.C6H14N2O.2C6H13NO2.C6H15NOS.C6H13NO.C6H12O2.2C6H14OS.C6H12O.C5H12O/c1-7(2)6-10-8(11)12-9(3,4)5;1-5-11-8(10)9(4)6-7(2)3;1-4-5-8(9)6-7(2)3;1-4-7(9)8-5-6(2)3;1-5-9(4,8)6-7(2)3;1-4-7(8)5-6(2)3;1-5(2)4-8-6(9)7-3;1-5(2)4-7-6(8)9-3;1-5(2)4-9-6(8)7-3;1-6(2)5-7-9(3,4)8;1-5(2)4-7-6(3)8;1-5(2)4-6(7)8-3;2*1-6(2)5-8(3,4)7;1-5(2)4-6(3)7;1-5(2)4-6-3/h7H,6H2,1-5H3,(H,10,11);7H,5-6H2,1-4H3;7H,4-6H2,1-3H3;6H,4-5H2,1-3H3,(H,8,9);7H,4-6H2,1-3H3;6H,4-5H2,1-3H3;5H,4H2,1-3H3,(H2,7,8,9);2*5H,4H2,1-3H3,(H,7,8);6H,3,5H2,1-2,4H3,(H,7,8);5H,4H2,1-3H3,(H,7,8);5H,4H2,1-3H3;2*6H,3,5H2,1-2,4H3;5H,4H2,1-3H3;5H,4H2,1-3H3. The molecule has 0 aromatic rings. The molecule has 0 saturated heterocycles. The second-order valence-electron chi connectivity index (χ2n) is 41.7. The van der Waals surface area contributed by atoms with Crippen LogP contribution in [0.4, 0.5) is 24.0 Å². The Labute approximate surface area is 859 Å². The van der Waals surface area contributed by atoms with Gasteiger partial charge in [-0.1, -0.05) is 249 Å². The van der Waals surface area contributed by atoms with Crippen LogP contribution >= 0.6 is 0 Å². The maximum atomic E-state index is 11.3. The summed E-state index contributed by atoms with van der Waals surface area (Å²) < 4.78 is 74.8. The fraction of sp³-hybridized carbons (Fsp3) is 0.857. The first-order valence-corrected chi connectivity index (χ1v) is 58.7. The van der Waals surface area contributed by atoms with Gasteiger partial charge >= 0.3 is 36.4 Å². The van der Waals surface area contributed by atoms with E-state index >= 15 is 0 Å². The van der Waals surface area contributed by atoms with E-state index in [1.54, 1.807) is 65.8 Å². The van der Waals surface area contributed by atoms with Crippen molar-refractivity contribution in [3.63, 3.8) is 0 Å². The SMILES string of the molecule is C=S(=O)(CC)CC(C)C.C=S(C)(=O)CC(C)C.C=S(C)(=O)CC(C)C.C=S(C)(=O)NCC(C)C.CC(=O)CC(C)C.CC(=O)NCC(C)C.CC(C)CNC(=O)OC(C)(C)C.CCC(=O)CC(C)C.CCC(=O)NCC(C)C.CCCC(=O)CC(C)C.CCOC(=O)N(C)CC(C)C.CNC(=O)NCC(C)C.CNC(=O)OCC(C)C.COC(=O)CC(C)C.COC(=O)NCC(C)C.COCC(C)C. The monoisotopic (exact) mass is 2080 g/mol. The molecule has 0 aliphatic heterocycles. The first kappa shape index (κ1) is 169. The highest BCUT2D eigenvalue weighted by molar-refractivity contribution is 8.00. The van der Waals surface area contributed by atoms with E-state index in [-0.39, 0.29) is 54.0 Å². The Morgan fingerprint density at radius 2 is 0.741 bits per heavy atom. The van der Waals surface area contributed by atoms with Crippen molar-refractivity contribution in [3.05, 3.63) is 0 Å². The third-order valence-electron chi connectivity index (χ3n) is 14.1. The first-order chi connectivity index (χ1) is 62.8. The zero-order valence-corrected chi connectivity index (χ0v) is 103. The molecule has 30 nitrogen and oxygen atoms in total. The topological polar surface area (TPSA) is 411 Å². The summed E-state index contributed by atoms with van der Waals surface area (Å²) in [5.74, 6) is 26.5. The van der Waals surface area contributed by atoms with Crippen molar-refractivity contribution >= 4 is 127 Å². The predicted molar refractivity (Wildman–Crippen MR) is 607 cm³/mol. The maximum Gasteiger partial charge on any atom is 0.409 e. The molecule has 0 rings (SSSR count). The predicted octanol–water partition coefficient (Wildman–Crippen LogP) is 20.8. The van der Waals surface area contributed by atoms with Crippen molar-refractivity contribution in [2.24, 2.45) is 94.7 Å². The van der Waals surface area contributed by atoms with Gasteiger partial charge in [-0.05, 0) is 188 Å². The fourth-order valence-corrected chi connectivity index (χ4v) is 13.5. The smallest absolute Gasteiger partial charge is 0.409 e. The number of nitrogens with one attached hydrogen (secondary N) is 8. The van der Waals surface area contributed by atoms with Gasteiger partial charge in [0.15, 0.2) is 0 Å². The van der Waals surface area contributed by atoms with Crippen LogP contribution in [0.1, 0.15) is 342 Å². The average Bonchev–Trinajstić information content (AvgIpc) is 0.940. The molecule has 0 heterocycles. The number of nitrogens with zero attached hydrogens (tertiary/aromatic N) is 1. The van der Waals surface area contributed by atoms with Crippen LogP contribution < -0.4 is 41.9 Å². The number of urea groups is 1. The highest BCUT2D eigenvalue weighted by atomic mass is 32.2. The summed E-state index contributed by atoms with van der Waals surface area (Å²) in [6.45, 7) is 90.9. The van der Waals surface area contributed by atoms with Crippen molar-refractivity contribution in [2.75, 3.05) is 150 Å². The third kappa shape index (κ3) is 232. The van der Waals surface area contributed by atoms with Crippen LogP contribution in [-0.2, 0) is 95.5 Å². The molecule has 0 saturated carbocycles. The molecule has 0 bridgehead atoms. The summed E-state index contributed by atoms with van der Waals surface area (Å²) in [5.41, 5.74) is -0.402. The van der Waals surface area contributed by atoms with E-state index < -0.39 is 43.9 Å². The number of hydrogen-bond acceptors (Lipinski definition) is 21. The van der Waals surface area contributed by atoms with E-state index in [1.165, 1.54) is 21.1 Å². The van der Waals surface area contributed by atoms with Gasteiger partial charge < -0.3 is 75.3 Å². The van der Waals surface area contributed by atoms with Gasteiger partial charge in [0.1, 0.15) is 23.0 Å². The van der Waals surface area contributed by atoms with Gasteiger partial charge in [-0.2, -0.15) is 0 Å². The zero-order valence-electron chi connectivity index (χ0n) is 99.3. The number of carbonyl (C=O) groups is 11. The Morgan fingerprint density at radius 1 is 0.381 bits per heavy atom. The molecule has 139 heavy (non-hydrogen) atoms. The number of rotatable bonds is 39.